The van der Waals surface area contributed by atoms with Crippen LogP contribution in [0.3, 0.4) is 0 Å². The molecule has 0 aromatic rings. The fraction of sp³-hybridized carbons (Fsp3) is 0.750. The van der Waals surface area contributed by atoms with Crippen molar-refractivity contribution in [1.82, 2.24) is 0 Å². The van der Waals surface area contributed by atoms with Gasteiger partial charge in [-0.25, -0.2) is 0 Å². The van der Waals surface area contributed by atoms with Gasteiger partial charge in [-0.05, 0) is 11.1 Å². The second kappa shape index (κ2) is 4.46. The number of carbonyl (C=O) groups is 1. The van der Waals surface area contributed by atoms with Gasteiger partial charge in [0.05, 0.1) is 6.61 Å². The van der Waals surface area contributed by atoms with Crippen molar-refractivity contribution in [2.24, 2.45) is 0 Å². The molecule has 4 nitrogen and oxygen atoms in total. The molecule has 0 saturated carbocycles. The van der Waals surface area contributed by atoms with Crippen LogP contribution < -0.4 is 29.6 Å². The van der Waals surface area contributed by atoms with Gasteiger partial charge in [0.2, 0.25) is 0 Å². The van der Waals surface area contributed by atoms with E-state index in [9.17, 15) is 13.6 Å². The van der Waals surface area contributed by atoms with E-state index in [1.807, 2.05) is 0 Å². The standard InChI is InChI=1S/C4H6O4S.Na/c5-4-3(9(6)7)1-2-8-4;/h3H,1-2H2,(H,6,7);/q;+1/p-1. The molecule has 52 valence electrons. The van der Waals surface area contributed by atoms with Gasteiger partial charge in [-0.3, -0.25) is 9.00 Å². The predicted octanol–water partition coefficient (Wildman–Crippen LogP) is -3.81. The smallest absolute Gasteiger partial charge is 0.772 e. The van der Waals surface area contributed by atoms with E-state index in [1.165, 1.54) is 0 Å². The van der Waals surface area contributed by atoms with Crippen LogP contribution >= 0.6 is 0 Å². The first-order valence-corrected chi connectivity index (χ1v) is 3.60. The van der Waals surface area contributed by atoms with Crippen molar-refractivity contribution in [3.8, 4) is 0 Å². The molecule has 0 aliphatic carbocycles. The number of rotatable bonds is 1. The summed E-state index contributed by atoms with van der Waals surface area (Å²) < 4.78 is 24.6. The van der Waals surface area contributed by atoms with Gasteiger partial charge in [0.15, 0.2) is 0 Å². The Kier molecular flexibility index (Phi) is 4.71. The summed E-state index contributed by atoms with van der Waals surface area (Å²) in [5, 5.41) is -0.912. The average molecular weight is 172 g/mol. The van der Waals surface area contributed by atoms with Gasteiger partial charge < -0.3 is 9.29 Å². The average Bonchev–Trinajstić information content (AvgIpc) is 2.13. The molecule has 0 amide bonds. The van der Waals surface area contributed by atoms with Crippen molar-refractivity contribution in [3.05, 3.63) is 0 Å². The summed E-state index contributed by atoms with van der Waals surface area (Å²) in [5.41, 5.74) is 0. The molecule has 2 unspecified atom stereocenters. The second-order valence-corrected chi connectivity index (χ2v) is 2.80. The molecule has 0 radical (unpaired) electrons. The molecule has 6 heteroatoms. The maximum absolute atomic E-state index is 10.4. The molecule has 10 heavy (non-hydrogen) atoms. The number of hydrogen-bond donors (Lipinski definition) is 0. The van der Waals surface area contributed by atoms with Gasteiger partial charge in [0.1, 0.15) is 5.25 Å². The molecule has 0 spiro atoms. The summed E-state index contributed by atoms with van der Waals surface area (Å²) >= 11 is -2.30. The molecule has 1 rings (SSSR count). The molecule has 1 saturated heterocycles. The van der Waals surface area contributed by atoms with Crippen molar-refractivity contribution >= 4 is 17.0 Å². The molecule has 1 aliphatic rings. The van der Waals surface area contributed by atoms with E-state index >= 15 is 0 Å². The molecule has 0 bridgehead atoms. The van der Waals surface area contributed by atoms with E-state index < -0.39 is 22.3 Å². The third-order valence-electron chi connectivity index (χ3n) is 1.12. The zero-order valence-electron chi connectivity index (χ0n) is 5.53. The molecule has 0 aromatic carbocycles. The Morgan fingerprint density at radius 3 is 2.50 bits per heavy atom. The third-order valence-corrected chi connectivity index (χ3v) is 2.01. The Labute approximate surface area is 82.9 Å². The third kappa shape index (κ3) is 2.32. The summed E-state index contributed by atoms with van der Waals surface area (Å²) in [6.07, 6.45) is 0.301. The van der Waals surface area contributed by atoms with Crippen molar-refractivity contribution in [3.63, 3.8) is 0 Å². The van der Waals surface area contributed by atoms with Gasteiger partial charge in [-0.1, -0.05) is 0 Å². The molecular formula is C4H5NaO4S. The molecule has 1 fully saturated rings. The largest absolute Gasteiger partial charge is 1.00 e. The van der Waals surface area contributed by atoms with Crippen LogP contribution in [0.15, 0.2) is 0 Å². The van der Waals surface area contributed by atoms with Crippen molar-refractivity contribution < 1.29 is 47.9 Å². The first-order chi connectivity index (χ1) is 4.22. The van der Waals surface area contributed by atoms with Crippen LogP contribution in [0.1, 0.15) is 6.42 Å². The van der Waals surface area contributed by atoms with Crippen LogP contribution in [-0.4, -0.2) is 26.6 Å². The fourth-order valence-corrected chi connectivity index (χ4v) is 1.17. The number of hydrogen-bond acceptors (Lipinski definition) is 4. The van der Waals surface area contributed by atoms with E-state index in [1.54, 1.807) is 0 Å². The summed E-state index contributed by atoms with van der Waals surface area (Å²) in [5.74, 6) is -0.622. The van der Waals surface area contributed by atoms with Crippen LogP contribution in [0.5, 0.6) is 0 Å². The Morgan fingerprint density at radius 2 is 2.30 bits per heavy atom. The monoisotopic (exact) mass is 172 g/mol. The Balaban J connectivity index is 0.000000810. The van der Waals surface area contributed by atoms with E-state index in [0.717, 1.165) is 0 Å². The van der Waals surface area contributed by atoms with Crippen LogP contribution in [0.25, 0.3) is 0 Å². The molecule has 0 N–H and O–H groups in total. The molecule has 1 aliphatic heterocycles. The van der Waals surface area contributed by atoms with Crippen molar-refractivity contribution in [1.29, 1.82) is 0 Å². The minimum Gasteiger partial charge on any atom is -0.772 e. The zero-order chi connectivity index (χ0) is 6.85. The number of cyclic esters (lactones) is 1. The SMILES string of the molecule is O=C1OCCC1S(=O)[O-].[Na+]. The van der Waals surface area contributed by atoms with Gasteiger partial charge in [-0.2, -0.15) is 0 Å². The predicted molar refractivity (Wildman–Crippen MR) is 28.3 cm³/mol. The first-order valence-electron chi connectivity index (χ1n) is 2.46. The Bertz CT molecular complexity index is 159. The van der Waals surface area contributed by atoms with Gasteiger partial charge in [0.25, 0.3) is 0 Å². The Morgan fingerprint density at radius 1 is 1.70 bits per heavy atom. The quantitative estimate of drug-likeness (QED) is 0.231. The topological polar surface area (TPSA) is 66.4 Å². The maximum Gasteiger partial charge on any atom is 1.00 e. The normalized spacial score (nSPS) is 26.9. The summed E-state index contributed by atoms with van der Waals surface area (Å²) in [6.45, 7) is 0.234. The second-order valence-electron chi connectivity index (χ2n) is 1.71. The van der Waals surface area contributed by atoms with E-state index in [-0.39, 0.29) is 36.2 Å². The van der Waals surface area contributed by atoms with Crippen LogP contribution in [-0.2, 0) is 20.6 Å². The maximum atomic E-state index is 10.4. The van der Waals surface area contributed by atoms with E-state index in [4.69, 9.17) is 0 Å². The molecule has 2 atom stereocenters. The van der Waals surface area contributed by atoms with Crippen LogP contribution in [0.2, 0.25) is 0 Å². The van der Waals surface area contributed by atoms with E-state index in [0.29, 0.717) is 6.42 Å². The first kappa shape index (κ1) is 10.6. The molecule has 1 heterocycles. The van der Waals surface area contributed by atoms with Gasteiger partial charge in [0, 0.05) is 6.42 Å². The summed E-state index contributed by atoms with van der Waals surface area (Å²) in [7, 11) is 0. The fourth-order valence-electron chi connectivity index (χ4n) is 0.652. The molecular weight excluding hydrogens is 167 g/mol. The minimum atomic E-state index is -2.30. The zero-order valence-corrected chi connectivity index (χ0v) is 8.35. The minimum absolute atomic E-state index is 0. The number of carbonyl (C=O) groups excluding carboxylic acids is 1. The number of ether oxygens (including phenoxy) is 1. The van der Waals surface area contributed by atoms with Crippen LogP contribution in [0, 0.1) is 0 Å². The van der Waals surface area contributed by atoms with E-state index in [2.05, 4.69) is 4.74 Å². The summed E-state index contributed by atoms with van der Waals surface area (Å²) in [6, 6.07) is 0. The summed E-state index contributed by atoms with van der Waals surface area (Å²) in [4.78, 5) is 10.4. The van der Waals surface area contributed by atoms with Gasteiger partial charge in [-0.15, -0.1) is 0 Å². The Hall–Kier alpha value is 0.580. The molecule has 0 aromatic heterocycles. The van der Waals surface area contributed by atoms with Crippen LogP contribution in [0.4, 0.5) is 0 Å². The van der Waals surface area contributed by atoms with Crippen molar-refractivity contribution in [2.45, 2.75) is 11.7 Å². The van der Waals surface area contributed by atoms with Gasteiger partial charge >= 0.3 is 35.5 Å². The van der Waals surface area contributed by atoms with Crippen molar-refractivity contribution in [2.75, 3.05) is 6.61 Å². The number of esters is 1.